The normalized spacial score (nSPS) is 14.2. The summed E-state index contributed by atoms with van der Waals surface area (Å²) in [6.45, 7) is 2.85. The molecule has 6 heteroatoms. The van der Waals surface area contributed by atoms with Crippen LogP contribution in [0.2, 0.25) is 0 Å². The molecule has 1 atom stereocenters. The van der Waals surface area contributed by atoms with Crippen molar-refractivity contribution in [3.63, 3.8) is 0 Å². The predicted octanol–water partition coefficient (Wildman–Crippen LogP) is 6.62. The van der Waals surface area contributed by atoms with E-state index < -0.39 is 6.04 Å². The lowest BCUT2D eigenvalue weighted by Crippen LogP contribution is -2.52. The van der Waals surface area contributed by atoms with E-state index in [4.69, 9.17) is 4.74 Å². The van der Waals surface area contributed by atoms with Gasteiger partial charge >= 0.3 is 0 Å². The van der Waals surface area contributed by atoms with Crippen LogP contribution in [-0.2, 0) is 22.6 Å². The first-order valence-electron chi connectivity index (χ1n) is 13.6. The number of nitrogens with zero attached hydrogens (tertiary/aromatic N) is 1. The van der Waals surface area contributed by atoms with Crippen LogP contribution >= 0.6 is 15.9 Å². The highest BCUT2D eigenvalue weighted by atomic mass is 79.9. The average molecular weight is 578 g/mol. The molecule has 3 aromatic rings. The van der Waals surface area contributed by atoms with E-state index in [1.165, 1.54) is 5.56 Å². The summed E-state index contributed by atoms with van der Waals surface area (Å²) in [5.41, 5.74) is 3.19. The first-order valence-corrected chi connectivity index (χ1v) is 14.3. The zero-order valence-corrected chi connectivity index (χ0v) is 23.7. The Labute approximate surface area is 234 Å². The largest absolute Gasteiger partial charge is 0.494 e. The van der Waals surface area contributed by atoms with Crippen LogP contribution in [0.25, 0.3) is 0 Å². The Hall–Kier alpha value is -3.12. The summed E-state index contributed by atoms with van der Waals surface area (Å²) < 4.78 is 6.81. The van der Waals surface area contributed by atoms with Gasteiger partial charge in [0.15, 0.2) is 0 Å². The van der Waals surface area contributed by atoms with Gasteiger partial charge in [-0.3, -0.25) is 9.59 Å². The van der Waals surface area contributed by atoms with Gasteiger partial charge in [0.05, 0.1) is 6.61 Å². The van der Waals surface area contributed by atoms with Crippen molar-refractivity contribution >= 4 is 27.7 Å². The molecule has 0 radical (unpaired) electrons. The van der Waals surface area contributed by atoms with Gasteiger partial charge in [0.25, 0.3) is 0 Å². The highest BCUT2D eigenvalue weighted by Crippen LogP contribution is 2.22. The minimum Gasteiger partial charge on any atom is -0.494 e. The van der Waals surface area contributed by atoms with E-state index in [-0.39, 0.29) is 17.9 Å². The van der Waals surface area contributed by atoms with Gasteiger partial charge in [-0.05, 0) is 61.6 Å². The van der Waals surface area contributed by atoms with E-state index in [2.05, 4.69) is 21.2 Å². The second-order valence-corrected chi connectivity index (χ2v) is 11.0. The average Bonchev–Trinajstić information content (AvgIpc) is 3.43. The van der Waals surface area contributed by atoms with E-state index in [1.807, 2.05) is 85.8 Å². The van der Waals surface area contributed by atoms with Crippen LogP contribution in [0.5, 0.6) is 5.75 Å². The Kier molecular flexibility index (Phi) is 10.4. The molecule has 0 aliphatic heterocycles. The molecule has 1 saturated carbocycles. The lowest BCUT2D eigenvalue weighted by molar-refractivity contribution is -0.141. The van der Waals surface area contributed by atoms with Gasteiger partial charge in [-0.25, -0.2) is 0 Å². The van der Waals surface area contributed by atoms with Crippen molar-refractivity contribution in [3.8, 4) is 5.75 Å². The van der Waals surface area contributed by atoms with E-state index in [1.54, 1.807) is 4.90 Å². The van der Waals surface area contributed by atoms with Crippen LogP contribution in [0.3, 0.4) is 0 Å². The maximum atomic E-state index is 13.7. The number of aryl methyl sites for hydroxylation is 1. The van der Waals surface area contributed by atoms with Crippen molar-refractivity contribution in [1.29, 1.82) is 0 Å². The first-order chi connectivity index (χ1) is 18.5. The van der Waals surface area contributed by atoms with Gasteiger partial charge in [0, 0.05) is 29.9 Å². The fourth-order valence-electron chi connectivity index (χ4n) is 4.95. The summed E-state index contributed by atoms with van der Waals surface area (Å²) in [4.78, 5) is 29.2. The molecule has 2 amide bonds. The minimum absolute atomic E-state index is 0.0417. The number of halogens is 1. The van der Waals surface area contributed by atoms with Gasteiger partial charge < -0.3 is 15.0 Å². The number of rotatable bonds is 12. The molecular formula is C32H37BrN2O3. The molecule has 1 aliphatic rings. The molecule has 0 spiro atoms. The van der Waals surface area contributed by atoms with Crippen molar-refractivity contribution in [2.75, 3.05) is 6.61 Å². The molecule has 1 N–H and O–H groups in total. The van der Waals surface area contributed by atoms with Crippen LogP contribution in [-0.4, -0.2) is 35.4 Å². The summed E-state index contributed by atoms with van der Waals surface area (Å²) in [5, 5.41) is 3.26. The molecule has 38 heavy (non-hydrogen) atoms. The Morgan fingerprint density at radius 2 is 1.68 bits per heavy atom. The predicted molar refractivity (Wildman–Crippen MR) is 155 cm³/mol. The number of hydrogen-bond acceptors (Lipinski definition) is 3. The quantitative estimate of drug-likeness (QED) is 0.247. The van der Waals surface area contributed by atoms with E-state index in [0.29, 0.717) is 32.4 Å². The second-order valence-electron chi connectivity index (χ2n) is 10.1. The van der Waals surface area contributed by atoms with E-state index >= 15 is 0 Å². The molecule has 3 aromatic carbocycles. The molecule has 0 bridgehead atoms. The van der Waals surface area contributed by atoms with Crippen molar-refractivity contribution in [2.24, 2.45) is 0 Å². The van der Waals surface area contributed by atoms with Crippen molar-refractivity contribution in [3.05, 3.63) is 100 Å². The van der Waals surface area contributed by atoms with Crippen LogP contribution < -0.4 is 10.1 Å². The number of amides is 2. The van der Waals surface area contributed by atoms with Gasteiger partial charge in [-0.15, -0.1) is 0 Å². The number of benzene rings is 3. The second kappa shape index (κ2) is 14.1. The molecular weight excluding hydrogens is 540 g/mol. The first kappa shape index (κ1) is 27.9. The Morgan fingerprint density at radius 1 is 0.974 bits per heavy atom. The molecule has 200 valence electrons. The van der Waals surface area contributed by atoms with E-state index in [9.17, 15) is 9.59 Å². The molecule has 0 aromatic heterocycles. The highest BCUT2D eigenvalue weighted by Gasteiger charge is 2.32. The molecule has 4 rings (SSSR count). The van der Waals surface area contributed by atoms with Crippen LogP contribution in [0.1, 0.15) is 55.2 Å². The number of hydrogen-bond donors (Lipinski definition) is 1. The summed E-state index contributed by atoms with van der Waals surface area (Å²) >= 11 is 3.55. The standard InChI is InChI=1S/C32H37BrN2O3/c1-24-16-18-29(19-17-24)38-20-8-15-31(36)35(23-26-11-7-12-27(33)21-26)30(22-25-9-3-2-4-10-25)32(37)34-28-13-5-6-14-28/h2-4,7,9-12,16-19,21,28,30H,5-6,8,13-15,20,22-23H2,1H3,(H,34,37)/t30-/m1/s1. The maximum absolute atomic E-state index is 13.7. The van der Waals surface area contributed by atoms with Crippen LogP contribution in [0, 0.1) is 6.92 Å². The maximum Gasteiger partial charge on any atom is 0.243 e. The van der Waals surface area contributed by atoms with Gasteiger partial charge in [0.1, 0.15) is 11.8 Å². The van der Waals surface area contributed by atoms with Gasteiger partial charge in [0.2, 0.25) is 11.8 Å². The Morgan fingerprint density at radius 3 is 2.39 bits per heavy atom. The van der Waals surface area contributed by atoms with Crippen LogP contribution in [0.4, 0.5) is 0 Å². The molecule has 5 nitrogen and oxygen atoms in total. The number of carbonyl (C=O) groups excluding carboxylic acids is 2. The summed E-state index contributed by atoms with van der Waals surface area (Å²) in [7, 11) is 0. The monoisotopic (exact) mass is 576 g/mol. The number of carbonyl (C=O) groups is 2. The molecule has 1 fully saturated rings. The third-order valence-electron chi connectivity index (χ3n) is 7.04. The van der Waals surface area contributed by atoms with Crippen molar-refractivity contribution in [1.82, 2.24) is 10.2 Å². The van der Waals surface area contributed by atoms with E-state index in [0.717, 1.165) is 47.0 Å². The lowest BCUT2D eigenvalue weighted by Gasteiger charge is -2.32. The van der Waals surface area contributed by atoms with Gasteiger partial charge in [-0.2, -0.15) is 0 Å². The zero-order chi connectivity index (χ0) is 26.7. The number of ether oxygens (including phenoxy) is 1. The topological polar surface area (TPSA) is 58.6 Å². The summed E-state index contributed by atoms with van der Waals surface area (Å²) in [5.74, 6) is 0.687. The number of nitrogens with one attached hydrogen (secondary N) is 1. The SMILES string of the molecule is Cc1ccc(OCCCC(=O)N(Cc2cccc(Br)c2)[C@H](Cc2ccccc2)C(=O)NC2CCCC2)cc1. The third kappa shape index (κ3) is 8.45. The fourth-order valence-corrected chi connectivity index (χ4v) is 5.39. The smallest absolute Gasteiger partial charge is 0.243 e. The molecule has 0 heterocycles. The summed E-state index contributed by atoms with van der Waals surface area (Å²) in [6, 6.07) is 25.4. The van der Waals surface area contributed by atoms with Gasteiger partial charge in [-0.1, -0.05) is 88.9 Å². The molecule has 0 saturated heterocycles. The summed E-state index contributed by atoms with van der Waals surface area (Å²) in [6.07, 6.45) is 5.62. The fraction of sp³-hybridized carbons (Fsp3) is 0.375. The Balaban J connectivity index is 1.51. The molecule has 0 unspecified atom stereocenters. The highest BCUT2D eigenvalue weighted by molar-refractivity contribution is 9.10. The van der Waals surface area contributed by atoms with Crippen molar-refractivity contribution in [2.45, 2.75) is 70.5 Å². The minimum atomic E-state index is -0.595. The molecule has 1 aliphatic carbocycles. The van der Waals surface area contributed by atoms with Crippen LogP contribution in [0.15, 0.2) is 83.3 Å². The Bertz CT molecular complexity index is 1180. The lowest BCUT2D eigenvalue weighted by atomic mass is 10.0. The zero-order valence-electron chi connectivity index (χ0n) is 22.1. The third-order valence-corrected chi connectivity index (χ3v) is 7.53. The van der Waals surface area contributed by atoms with Crippen molar-refractivity contribution < 1.29 is 14.3 Å².